The normalized spacial score (nSPS) is 38.8. The van der Waals surface area contributed by atoms with E-state index in [1.807, 2.05) is 0 Å². The summed E-state index contributed by atoms with van der Waals surface area (Å²) in [5.41, 5.74) is -0.143. The molecule has 0 bridgehead atoms. The average Bonchev–Trinajstić information content (AvgIpc) is 2.19. The zero-order valence-electron chi connectivity index (χ0n) is 9.05. The Bertz CT molecular complexity index is 171. The van der Waals surface area contributed by atoms with Gasteiger partial charge in [0.05, 0.1) is 12.7 Å². The predicted octanol–water partition coefficient (Wildman–Crippen LogP) is 1.67. The van der Waals surface area contributed by atoms with Crippen LogP contribution in [0.1, 0.15) is 39.0 Å². The highest BCUT2D eigenvalue weighted by molar-refractivity contribution is 4.86. The van der Waals surface area contributed by atoms with Crippen molar-refractivity contribution in [3.63, 3.8) is 0 Å². The molecule has 2 aliphatic rings. The van der Waals surface area contributed by atoms with Crippen molar-refractivity contribution in [3.05, 3.63) is 0 Å². The zero-order chi connectivity index (χ0) is 9.86. The monoisotopic (exact) mass is 199 g/mol. The summed E-state index contributed by atoms with van der Waals surface area (Å²) in [7, 11) is 0. The van der Waals surface area contributed by atoms with Gasteiger partial charge >= 0.3 is 0 Å². The van der Waals surface area contributed by atoms with Crippen molar-refractivity contribution < 1.29 is 9.47 Å². The van der Waals surface area contributed by atoms with Gasteiger partial charge in [0, 0.05) is 13.2 Å². The minimum Gasteiger partial charge on any atom is -0.377 e. The Labute approximate surface area is 86.2 Å². The van der Waals surface area contributed by atoms with Crippen molar-refractivity contribution in [1.82, 2.24) is 5.32 Å². The lowest BCUT2D eigenvalue weighted by Gasteiger charge is -2.44. The van der Waals surface area contributed by atoms with Gasteiger partial charge in [-0.3, -0.25) is 5.32 Å². The lowest BCUT2D eigenvalue weighted by atomic mass is 10.0. The molecule has 3 nitrogen and oxygen atoms in total. The van der Waals surface area contributed by atoms with Crippen LogP contribution in [0, 0.1) is 0 Å². The molecule has 2 unspecified atom stereocenters. The molecule has 0 radical (unpaired) electrons. The first-order valence-corrected chi connectivity index (χ1v) is 5.85. The molecule has 0 aliphatic carbocycles. The molecule has 1 spiro atoms. The Hall–Kier alpha value is -0.120. The summed E-state index contributed by atoms with van der Waals surface area (Å²) >= 11 is 0. The van der Waals surface area contributed by atoms with E-state index in [-0.39, 0.29) is 5.72 Å². The zero-order valence-corrected chi connectivity index (χ0v) is 9.05. The number of hydrogen-bond acceptors (Lipinski definition) is 3. The largest absolute Gasteiger partial charge is 0.377 e. The van der Waals surface area contributed by atoms with E-state index in [4.69, 9.17) is 9.47 Å². The molecule has 2 rings (SSSR count). The van der Waals surface area contributed by atoms with Gasteiger partial charge in [0.15, 0.2) is 0 Å². The van der Waals surface area contributed by atoms with Crippen molar-refractivity contribution in [1.29, 1.82) is 0 Å². The molecule has 2 saturated heterocycles. The minimum atomic E-state index is -0.143. The summed E-state index contributed by atoms with van der Waals surface area (Å²) in [6.45, 7) is 4.92. The van der Waals surface area contributed by atoms with E-state index >= 15 is 0 Å². The van der Waals surface area contributed by atoms with Crippen LogP contribution in [0.25, 0.3) is 0 Å². The summed E-state index contributed by atoms with van der Waals surface area (Å²) in [5.74, 6) is 0. The van der Waals surface area contributed by atoms with Gasteiger partial charge in [-0.05, 0) is 25.7 Å². The topological polar surface area (TPSA) is 30.5 Å². The maximum Gasteiger partial charge on any atom is 0.143 e. The first-order chi connectivity index (χ1) is 6.85. The predicted molar refractivity (Wildman–Crippen MR) is 55.2 cm³/mol. The molecule has 0 aromatic rings. The van der Waals surface area contributed by atoms with E-state index in [0.717, 1.165) is 39.0 Å². The van der Waals surface area contributed by atoms with E-state index in [0.29, 0.717) is 6.10 Å². The molecule has 14 heavy (non-hydrogen) atoms. The van der Waals surface area contributed by atoms with E-state index in [1.165, 1.54) is 12.8 Å². The lowest BCUT2D eigenvalue weighted by molar-refractivity contribution is -0.196. The highest BCUT2D eigenvalue weighted by Crippen LogP contribution is 2.27. The standard InChI is InChI=1S/C11H21NO2/c1-2-4-10-5-7-12-11(14-10)6-3-8-13-9-11/h10,12H,2-9H2,1H3. The van der Waals surface area contributed by atoms with Crippen LogP contribution >= 0.6 is 0 Å². The second kappa shape index (κ2) is 4.60. The van der Waals surface area contributed by atoms with Gasteiger partial charge in [-0.25, -0.2) is 0 Å². The van der Waals surface area contributed by atoms with Gasteiger partial charge in [-0.2, -0.15) is 0 Å². The number of ether oxygens (including phenoxy) is 2. The molecule has 0 aromatic heterocycles. The summed E-state index contributed by atoms with van der Waals surface area (Å²) in [6.07, 6.45) is 6.21. The fourth-order valence-corrected chi connectivity index (χ4v) is 2.41. The number of nitrogens with one attached hydrogen (secondary N) is 1. The van der Waals surface area contributed by atoms with E-state index < -0.39 is 0 Å². The second-order valence-corrected chi connectivity index (χ2v) is 4.39. The highest BCUT2D eigenvalue weighted by Gasteiger charge is 2.38. The third-order valence-electron chi connectivity index (χ3n) is 3.12. The van der Waals surface area contributed by atoms with Gasteiger partial charge in [0.25, 0.3) is 0 Å². The van der Waals surface area contributed by atoms with E-state index in [9.17, 15) is 0 Å². The van der Waals surface area contributed by atoms with Crippen molar-refractivity contribution in [3.8, 4) is 0 Å². The van der Waals surface area contributed by atoms with Gasteiger partial charge < -0.3 is 9.47 Å². The van der Waals surface area contributed by atoms with Crippen LogP contribution in [0.15, 0.2) is 0 Å². The van der Waals surface area contributed by atoms with Crippen molar-refractivity contribution in [2.45, 2.75) is 50.9 Å². The maximum atomic E-state index is 6.12. The Kier molecular flexibility index (Phi) is 3.42. The van der Waals surface area contributed by atoms with Crippen LogP contribution in [0.4, 0.5) is 0 Å². The molecule has 1 N–H and O–H groups in total. The Morgan fingerprint density at radius 2 is 2.43 bits per heavy atom. The Morgan fingerprint density at radius 1 is 1.50 bits per heavy atom. The molecule has 0 saturated carbocycles. The fourth-order valence-electron chi connectivity index (χ4n) is 2.41. The van der Waals surface area contributed by atoms with Gasteiger partial charge in [-0.1, -0.05) is 13.3 Å². The van der Waals surface area contributed by atoms with Crippen LogP contribution < -0.4 is 5.32 Å². The summed E-state index contributed by atoms with van der Waals surface area (Å²) in [5, 5.41) is 3.48. The third-order valence-corrected chi connectivity index (χ3v) is 3.12. The first kappa shape index (κ1) is 10.4. The fraction of sp³-hybridized carbons (Fsp3) is 1.00. The maximum absolute atomic E-state index is 6.12. The summed E-state index contributed by atoms with van der Waals surface area (Å²) in [6, 6.07) is 0. The molecule has 0 aromatic carbocycles. The van der Waals surface area contributed by atoms with Gasteiger partial charge in [-0.15, -0.1) is 0 Å². The van der Waals surface area contributed by atoms with Crippen LogP contribution in [-0.4, -0.2) is 31.6 Å². The quantitative estimate of drug-likeness (QED) is 0.734. The average molecular weight is 199 g/mol. The van der Waals surface area contributed by atoms with Gasteiger partial charge in [0.1, 0.15) is 5.72 Å². The van der Waals surface area contributed by atoms with Crippen LogP contribution in [0.2, 0.25) is 0 Å². The van der Waals surface area contributed by atoms with Crippen LogP contribution in [-0.2, 0) is 9.47 Å². The Morgan fingerprint density at radius 3 is 3.14 bits per heavy atom. The molecule has 2 aliphatic heterocycles. The molecule has 2 atom stereocenters. The second-order valence-electron chi connectivity index (χ2n) is 4.39. The molecule has 82 valence electrons. The molecule has 3 heteroatoms. The summed E-state index contributed by atoms with van der Waals surface area (Å²) < 4.78 is 11.6. The smallest absolute Gasteiger partial charge is 0.143 e. The number of rotatable bonds is 2. The molecule has 0 amide bonds. The van der Waals surface area contributed by atoms with Crippen molar-refractivity contribution in [2.75, 3.05) is 19.8 Å². The van der Waals surface area contributed by atoms with Crippen LogP contribution in [0.5, 0.6) is 0 Å². The van der Waals surface area contributed by atoms with Crippen LogP contribution in [0.3, 0.4) is 0 Å². The third kappa shape index (κ3) is 2.27. The lowest BCUT2D eigenvalue weighted by Crippen LogP contribution is -2.59. The minimum absolute atomic E-state index is 0.143. The number of hydrogen-bond donors (Lipinski definition) is 1. The first-order valence-electron chi connectivity index (χ1n) is 5.85. The van der Waals surface area contributed by atoms with Gasteiger partial charge in [0.2, 0.25) is 0 Å². The SMILES string of the molecule is CCCC1CCNC2(CCCOC2)O1. The Balaban J connectivity index is 1.91. The van der Waals surface area contributed by atoms with Crippen molar-refractivity contribution >= 4 is 0 Å². The molecule has 2 fully saturated rings. The molecule has 2 heterocycles. The summed E-state index contributed by atoms with van der Waals surface area (Å²) in [4.78, 5) is 0. The van der Waals surface area contributed by atoms with Crippen molar-refractivity contribution in [2.24, 2.45) is 0 Å². The molecular formula is C11H21NO2. The van der Waals surface area contributed by atoms with E-state index in [1.54, 1.807) is 0 Å². The highest BCUT2D eigenvalue weighted by atomic mass is 16.6. The molecular weight excluding hydrogens is 178 g/mol. The van der Waals surface area contributed by atoms with E-state index in [2.05, 4.69) is 12.2 Å².